The zero-order valence-electron chi connectivity index (χ0n) is 12.3. The minimum absolute atomic E-state index is 0.110. The maximum Gasteiger partial charge on any atom is 0.410 e. The van der Waals surface area contributed by atoms with Crippen LogP contribution in [0.5, 0.6) is 0 Å². The highest BCUT2D eigenvalue weighted by Gasteiger charge is 2.37. The predicted octanol–water partition coefficient (Wildman–Crippen LogP) is 2.66. The van der Waals surface area contributed by atoms with Gasteiger partial charge in [-0.05, 0) is 38.5 Å². The predicted molar refractivity (Wildman–Crippen MR) is 72.9 cm³/mol. The number of ether oxygens (including phenoxy) is 1. The number of aliphatic hydroxyl groups excluding tert-OH is 1. The molecule has 1 aliphatic heterocycles. The number of likely N-dealkylation sites (tertiary alicyclic amines) is 1. The summed E-state index contributed by atoms with van der Waals surface area (Å²) >= 11 is 0. The SMILES string of the molecule is CC(C)(C)OC(=O)N1C[C@@H](O)[C@H](c2ccc(F)c(F)c2)C1. The molecule has 1 aliphatic rings. The fourth-order valence-electron chi connectivity index (χ4n) is 2.33. The lowest BCUT2D eigenvalue weighted by atomic mass is 9.96. The van der Waals surface area contributed by atoms with E-state index in [4.69, 9.17) is 4.74 Å². The molecule has 21 heavy (non-hydrogen) atoms. The summed E-state index contributed by atoms with van der Waals surface area (Å²) in [6.07, 6.45) is -1.35. The van der Waals surface area contributed by atoms with Crippen LogP contribution in [0.1, 0.15) is 32.3 Å². The number of hydrogen-bond acceptors (Lipinski definition) is 3. The van der Waals surface area contributed by atoms with Gasteiger partial charge in [0.15, 0.2) is 11.6 Å². The zero-order chi connectivity index (χ0) is 15.8. The summed E-state index contributed by atoms with van der Waals surface area (Å²) in [5.74, 6) is -2.35. The molecule has 1 amide bonds. The number of nitrogens with zero attached hydrogens (tertiary/aromatic N) is 1. The number of carbonyl (C=O) groups excluding carboxylic acids is 1. The van der Waals surface area contributed by atoms with Gasteiger partial charge in [-0.2, -0.15) is 0 Å². The maximum atomic E-state index is 13.3. The van der Waals surface area contributed by atoms with Crippen LogP contribution in [0.15, 0.2) is 18.2 Å². The molecule has 0 spiro atoms. The standard InChI is InChI=1S/C15H19F2NO3/c1-15(2,3)21-14(20)18-7-10(13(19)8-18)9-4-5-11(16)12(17)6-9/h4-6,10,13,19H,7-8H2,1-3H3/t10-,13+/m0/s1. The molecule has 1 fully saturated rings. The van der Waals surface area contributed by atoms with E-state index in [1.165, 1.54) is 11.0 Å². The van der Waals surface area contributed by atoms with Crippen LogP contribution < -0.4 is 0 Å². The summed E-state index contributed by atoms with van der Waals surface area (Å²) in [5.41, 5.74) is -0.158. The molecule has 0 unspecified atom stereocenters. The average molecular weight is 299 g/mol. The molecule has 1 heterocycles. The van der Waals surface area contributed by atoms with Crippen LogP contribution in [0, 0.1) is 11.6 Å². The van der Waals surface area contributed by atoms with Crippen molar-refractivity contribution >= 4 is 6.09 Å². The van der Waals surface area contributed by atoms with E-state index in [0.29, 0.717) is 5.56 Å². The van der Waals surface area contributed by atoms with E-state index in [-0.39, 0.29) is 13.1 Å². The van der Waals surface area contributed by atoms with Crippen molar-refractivity contribution in [1.82, 2.24) is 4.90 Å². The van der Waals surface area contributed by atoms with Gasteiger partial charge in [-0.1, -0.05) is 6.07 Å². The average Bonchev–Trinajstić information content (AvgIpc) is 2.73. The van der Waals surface area contributed by atoms with Crippen molar-refractivity contribution in [2.24, 2.45) is 0 Å². The molecule has 0 radical (unpaired) electrons. The van der Waals surface area contributed by atoms with Crippen molar-refractivity contribution in [1.29, 1.82) is 0 Å². The lowest BCUT2D eigenvalue weighted by Crippen LogP contribution is -2.35. The van der Waals surface area contributed by atoms with E-state index in [9.17, 15) is 18.7 Å². The second kappa shape index (κ2) is 5.60. The second-order valence-electron chi connectivity index (χ2n) is 6.23. The number of β-amino-alcohol motifs (C(OH)–C–C–N with tert-alkyl or cyclic N) is 1. The minimum Gasteiger partial charge on any atom is -0.444 e. The fourth-order valence-corrected chi connectivity index (χ4v) is 2.33. The van der Waals surface area contributed by atoms with Crippen LogP contribution in [0.2, 0.25) is 0 Å². The van der Waals surface area contributed by atoms with Crippen LogP contribution >= 0.6 is 0 Å². The summed E-state index contributed by atoms with van der Waals surface area (Å²) in [7, 11) is 0. The zero-order valence-corrected chi connectivity index (χ0v) is 12.3. The molecule has 2 rings (SSSR count). The monoisotopic (exact) mass is 299 g/mol. The Morgan fingerprint density at radius 1 is 1.29 bits per heavy atom. The van der Waals surface area contributed by atoms with Crippen molar-refractivity contribution in [3.05, 3.63) is 35.4 Å². The van der Waals surface area contributed by atoms with Gasteiger partial charge in [-0.15, -0.1) is 0 Å². The van der Waals surface area contributed by atoms with Crippen molar-refractivity contribution < 1.29 is 23.4 Å². The Kier molecular flexibility index (Phi) is 4.18. The molecule has 1 saturated heterocycles. The molecule has 1 N–H and O–H groups in total. The van der Waals surface area contributed by atoms with Crippen LogP contribution in [-0.2, 0) is 4.74 Å². The first-order valence-electron chi connectivity index (χ1n) is 6.78. The first kappa shape index (κ1) is 15.7. The fraction of sp³-hybridized carbons (Fsp3) is 0.533. The number of carbonyl (C=O) groups is 1. The van der Waals surface area contributed by atoms with Crippen LogP contribution in [-0.4, -0.2) is 40.9 Å². The molecule has 1 aromatic carbocycles. The topological polar surface area (TPSA) is 49.8 Å². The van der Waals surface area contributed by atoms with Gasteiger partial charge in [-0.3, -0.25) is 0 Å². The van der Waals surface area contributed by atoms with Gasteiger partial charge in [0.2, 0.25) is 0 Å². The summed E-state index contributed by atoms with van der Waals surface area (Å²) in [5, 5.41) is 10.1. The number of benzene rings is 1. The Morgan fingerprint density at radius 2 is 1.95 bits per heavy atom. The van der Waals surface area contributed by atoms with Crippen molar-refractivity contribution in [2.45, 2.75) is 38.4 Å². The Labute approximate surface area is 122 Å². The third-order valence-corrected chi connectivity index (χ3v) is 3.31. The highest BCUT2D eigenvalue weighted by molar-refractivity contribution is 5.68. The highest BCUT2D eigenvalue weighted by Crippen LogP contribution is 2.29. The minimum atomic E-state index is -0.963. The third-order valence-electron chi connectivity index (χ3n) is 3.31. The van der Waals surface area contributed by atoms with E-state index >= 15 is 0 Å². The first-order valence-corrected chi connectivity index (χ1v) is 6.78. The van der Waals surface area contributed by atoms with Gasteiger partial charge in [0.05, 0.1) is 12.6 Å². The summed E-state index contributed by atoms with van der Waals surface area (Å²) in [6.45, 7) is 5.58. The molecule has 0 bridgehead atoms. The Hall–Kier alpha value is -1.69. The van der Waals surface area contributed by atoms with Crippen LogP contribution in [0.25, 0.3) is 0 Å². The summed E-state index contributed by atoms with van der Waals surface area (Å²) in [6, 6.07) is 3.50. The van der Waals surface area contributed by atoms with Gasteiger partial charge in [-0.25, -0.2) is 13.6 Å². The molecule has 4 nitrogen and oxygen atoms in total. The second-order valence-corrected chi connectivity index (χ2v) is 6.23. The Morgan fingerprint density at radius 3 is 2.52 bits per heavy atom. The largest absolute Gasteiger partial charge is 0.444 e. The molecule has 6 heteroatoms. The number of aliphatic hydroxyl groups is 1. The van der Waals surface area contributed by atoms with E-state index in [1.807, 2.05) is 0 Å². The molecule has 116 valence electrons. The van der Waals surface area contributed by atoms with E-state index in [2.05, 4.69) is 0 Å². The van der Waals surface area contributed by atoms with Gasteiger partial charge in [0, 0.05) is 12.5 Å². The first-order chi connectivity index (χ1) is 9.67. The number of hydrogen-bond donors (Lipinski definition) is 1. The van der Waals surface area contributed by atoms with Gasteiger partial charge in [0.25, 0.3) is 0 Å². The Balaban J connectivity index is 2.10. The van der Waals surface area contributed by atoms with E-state index in [1.54, 1.807) is 20.8 Å². The molecule has 0 aliphatic carbocycles. The lowest BCUT2D eigenvalue weighted by molar-refractivity contribution is 0.0270. The van der Waals surface area contributed by atoms with Crippen molar-refractivity contribution in [2.75, 3.05) is 13.1 Å². The highest BCUT2D eigenvalue weighted by atomic mass is 19.2. The summed E-state index contributed by atoms with van der Waals surface area (Å²) < 4.78 is 31.5. The molecule has 0 saturated carbocycles. The quantitative estimate of drug-likeness (QED) is 0.867. The molecule has 0 aromatic heterocycles. The number of amides is 1. The Bertz CT molecular complexity index is 542. The van der Waals surface area contributed by atoms with Gasteiger partial charge >= 0.3 is 6.09 Å². The normalized spacial score (nSPS) is 22.5. The smallest absolute Gasteiger partial charge is 0.410 e. The van der Waals surface area contributed by atoms with Crippen LogP contribution in [0.4, 0.5) is 13.6 Å². The van der Waals surface area contributed by atoms with Gasteiger partial charge in [0.1, 0.15) is 5.60 Å². The van der Waals surface area contributed by atoms with Gasteiger partial charge < -0.3 is 14.7 Å². The molecular formula is C15H19F2NO3. The van der Waals surface area contributed by atoms with Crippen molar-refractivity contribution in [3.8, 4) is 0 Å². The van der Waals surface area contributed by atoms with Crippen LogP contribution in [0.3, 0.4) is 0 Å². The van der Waals surface area contributed by atoms with E-state index < -0.39 is 35.4 Å². The summed E-state index contributed by atoms with van der Waals surface area (Å²) in [4.78, 5) is 13.3. The molecule has 2 atom stereocenters. The lowest BCUT2D eigenvalue weighted by Gasteiger charge is -2.24. The molecule has 1 aromatic rings. The van der Waals surface area contributed by atoms with Crippen molar-refractivity contribution in [3.63, 3.8) is 0 Å². The molecular weight excluding hydrogens is 280 g/mol. The van der Waals surface area contributed by atoms with E-state index in [0.717, 1.165) is 12.1 Å². The number of rotatable bonds is 1. The third kappa shape index (κ3) is 3.69. The maximum absolute atomic E-state index is 13.3. The number of halogens is 2.